The second-order valence-corrected chi connectivity index (χ2v) is 5.99. The van der Waals surface area contributed by atoms with Crippen LogP contribution in [0.15, 0.2) is 16.6 Å². The molecular formula is C15H22BrNO3. The summed E-state index contributed by atoms with van der Waals surface area (Å²) >= 11 is 3.55. The lowest BCUT2D eigenvalue weighted by Crippen LogP contribution is -2.41. The zero-order chi connectivity index (χ0) is 14.5. The molecule has 20 heavy (non-hydrogen) atoms. The second kappa shape index (κ2) is 7.29. The summed E-state index contributed by atoms with van der Waals surface area (Å²) in [5, 5.41) is 13.4. The van der Waals surface area contributed by atoms with Crippen LogP contribution >= 0.6 is 15.9 Å². The molecule has 0 amide bonds. The van der Waals surface area contributed by atoms with Gasteiger partial charge in [0.25, 0.3) is 0 Å². The van der Waals surface area contributed by atoms with Gasteiger partial charge in [0.05, 0.1) is 20.3 Å². The highest BCUT2D eigenvalue weighted by Crippen LogP contribution is 2.33. The molecule has 112 valence electrons. The van der Waals surface area contributed by atoms with E-state index in [-0.39, 0.29) is 12.1 Å². The minimum Gasteiger partial charge on any atom is -0.493 e. The van der Waals surface area contributed by atoms with Crippen molar-refractivity contribution in [1.82, 2.24) is 5.32 Å². The Morgan fingerprint density at radius 2 is 1.85 bits per heavy atom. The summed E-state index contributed by atoms with van der Waals surface area (Å²) in [5.41, 5.74) is 1.10. The van der Waals surface area contributed by atoms with Crippen molar-refractivity contribution in [2.75, 3.05) is 14.2 Å². The highest BCUT2D eigenvalue weighted by atomic mass is 79.9. The van der Waals surface area contributed by atoms with Crippen LogP contribution in [0.4, 0.5) is 0 Å². The van der Waals surface area contributed by atoms with Crippen LogP contribution in [0.5, 0.6) is 11.5 Å². The predicted octanol–water partition coefficient (Wildman–Crippen LogP) is 2.86. The summed E-state index contributed by atoms with van der Waals surface area (Å²) < 4.78 is 11.6. The Kier molecular flexibility index (Phi) is 5.69. The van der Waals surface area contributed by atoms with Gasteiger partial charge in [-0.05, 0) is 30.5 Å². The van der Waals surface area contributed by atoms with Crippen molar-refractivity contribution < 1.29 is 14.6 Å². The van der Waals surface area contributed by atoms with Gasteiger partial charge in [0, 0.05) is 17.1 Å². The van der Waals surface area contributed by atoms with E-state index in [1.165, 1.54) is 6.42 Å². The molecule has 1 saturated carbocycles. The van der Waals surface area contributed by atoms with E-state index in [1.54, 1.807) is 14.2 Å². The number of nitrogens with one attached hydrogen (secondary N) is 1. The molecule has 2 rings (SSSR count). The van der Waals surface area contributed by atoms with Crippen LogP contribution in [0, 0.1) is 0 Å². The summed E-state index contributed by atoms with van der Waals surface area (Å²) in [6.07, 6.45) is 4.00. The Labute approximate surface area is 128 Å². The maximum absolute atomic E-state index is 9.98. The highest BCUT2D eigenvalue weighted by Gasteiger charge is 2.22. The van der Waals surface area contributed by atoms with Crippen molar-refractivity contribution in [3.8, 4) is 11.5 Å². The van der Waals surface area contributed by atoms with Gasteiger partial charge in [0.2, 0.25) is 0 Å². The molecule has 0 bridgehead atoms. The normalized spacial score (nSPS) is 22.6. The molecule has 4 nitrogen and oxygen atoms in total. The molecule has 2 N–H and O–H groups in total. The number of rotatable bonds is 5. The third kappa shape index (κ3) is 3.65. The van der Waals surface area contributed by atoms with E-state index in [0.717, 1.165) is 35.0 Å². The van der Waals surface area contributed by atoms with Crippen LogP contribution in [0.25, 0.3) is 0 Å². The van der Waals surface area contributed by atoms with E-state index in [9.17, 15) is 5.11 Å². The van der Waals surface area contributed by atoms with Gasteiger partial charge in [0.1, 0.15) is 0 Å². The van der Waals surface area contributed by atoms with Crippen LogP contribution in [-0.4, -0.2) is 31.5 Å². The van der Waals surface area contributed by atoms with E-state index >= 15 is 0 Å². The van der Waals surface area contributed by atoms with E-state index < -0.39 is 0 Å². The summed E-state index contributed by atoms with van der Waals surface area (Å²) in [7, 11) is 3.26. The van der Waals surface area contributed by atoms with E-state index in [0.29, 0.717) is 12.3 Å². The average molecular weight is 344 g/mol. The van der Waals surface area contributed by atoms with Gasteiger partial charge in [0.15, 0.2) is 11.5 Å². The smallest absolute Gasteiger partial charge is 0.161 e. The first-order chi connectivity index (χ1) is 9.65. The number of benzene rings is 1. The maximum atomic E-state index is 9.98. The van der Waals surface area contributed by atoms with Crippen LogP contribution in [0.2, 0.25) is 0 Å². The lowest BCUT2D eigenvalue weighted by atomic mass is 9.92. The molecule has 1 aromatic carbocycles. The van der Waals surface area contributed by atoms with Gasteiger partial charge in [-0.2, -0.15) is 0 Å². The number of halogens is 1. The van der Waals surface area contributed by atoms with E-state index in [2.05, 4.69) is 21.2 Å². The Hall–Kier alpha value is -0.780. The summed E-state index contributed by atoms with van der Waals surface area (Å²) in [4.78, 5) is 0. The highest BCUT2D eigenvalue weighted by molar-refractivity contribution is 9.10. The molecule has 1 fully saturated rings. The number of aliphatic hydroxyl groups is 1. The predicted molar refractivity (Wildman–Crippen MR) is 82.3 cm³/mol. The number of hydrogen-bond donors (Lipinski definition) is 2. The quantitative estimate of drug-likeness (QED) is 0.863. The Morgan fingerprint density at radius 1 is 1.20 bits per heavy atom. The van der Waals surface area contributed by atoms with Gasteiger partial charge < -0.3 is 19.9 Å². The van der Waals surface area contributed by atoms with Gasteiger partial charge in [-0.15, -0.1) is 0 Å². The maximum Gasteiger partial charge on any atom is 0.161 e. The van der Waals surface area contributed by atoms with Crippen molar-refractivity contribution in [1.29, 1.82) is 0 Å². The van der Waals surface area contributed by atoms with Gasteiger partial charge in [-0.25, -0.2) is 0 Å². The lowest BCUT2D eigenvalue weighted by molar-refractivity contribution is 0.0902. The monoisotopic (exact) mass is 343 g/mol. The standard InChI is InChI=1S/C15H22BrNO3/c1-19-14-7-10(11(16)8-15(14)20-2)9-17-12-5-3-4-6-13(12)18/h7-8,12-13,17-18H,3-6,9H2,1-2H3. The Balaban J connectivity index is 2.05. The van der Waals surface area contributed by atoms with Crippen LogP contribution in [0.3, 0.4) is 0 Å². The largest absolute Gasteiger partial charge is 0.493 e. The van der Waals surface area contributed by atoms with E-state index in [1.807, 2.05) is 12.1 Å². The molecule has 0 saturated heterocycles. The summed E-state index contributed by atoms with van der Waals surface area (Å²) in [6.45, 7) is 0.697. The van der Waals surface area contributed by atoms with Crippen molar-refractivity contribution in [3.63, 3.8) is 0 Å². The fourth-order valence-corrected chi connectivity index (χ4v) is 3.08. The molecule has 5 heteroatoms. The molecule has 0 aromatic heterocycles. The Morgan fingerprint density at radius 3 is 2.50 bits per heavy atom. The third-order valence-corrected chi connectivity index (χ3v) is 4.57. The van der Waals surface area contributed by atoms with Crippen molar-refractivity contribution in [2.24, 2.45) is 0 Å². The SMILES string of the molecule is COc1cc(Br)c(CNC2CCCCC2O)cc1OC. The molecule has 0 radical (unpaired) electrons. The number of aliphatic hydroxyl groups excluding tert-OH is 1. The Bertz CT molecular complexity index is 453. The van der Waals surface area contributed by atoms with Crippen LogP contribution in [0.1, 0.15) is 31.2 Å². The minimum atomic E-state index is -0.234. The second-order valence-electron chi connectivity index (χ2n) is 5.14. The van der Waals surface area contributed by atoms with E-state index in [4.69, 9.17) is 9.47 Å². The van der Waals surface area contributed by atoms with Crippen molar-refractivity contribution in [2.45, 2.75) is 44.4 Å². The van der Waals surface area contributed by atoms with Crippen molar-refractivity contribution >= 4 is 15.9 Å². The lowest BCUT2D eigenvalue weighted by Gasteiger charge is -2.28. The molecule has 0 aliphatic heterocycles. The van der Waals surface area contributed by atoms with Gasteiger partial charge in [-0.3, -0.25) is 0 Å². The fourth-order valence-electron chi connectivity index (χ4n) is 2.62. The molecule has 2 atom stereocenters. The molecule has 1 aliphatic carbocycles. The first-order valence-electron chi connectivity index (χ1n) is 6.97. The van der Waals surface area contributed by atoms with Crippen molar-refractivity contribution in [3.05, 3.63) is 22.2 Å². The van der Waals surface area contributed by atoms with Gasteiger partial charge in [-0.1, -0.05) is 28.8 Å². The zero-order valence-corrected chi connectivity index (χ0v) is 13.6. The van der Waals surface area contributed by atoms with Gasteiger partial charge >= 0.3 is 0 Å². The first-order valence-corrected chi connectivity index (χ1v) is 7.77. The third-order valence-electron chi connectivity index (χ3n) is 3.84. The average Bonchev–Trinajstić information content (AvgIpc) is 2.47. The molecule has 2 unspecified atom stereocenters. The number of hydrogen-bond acceptors (Lipinski definition) is 4. The topological polar surface area (TPSA) is 50.7 Å². The molecule has 0 heterocycles. The van der Waals surface area contributed by atoms with Crippen LogP contribution < -0.4 is 14.8 Å². The first kappa shape index (κ1) is 15.6. The zero-order valence-electron chi connectivity index (χ0n) is 12.0. The summed E-state index contributed by atoms with van der Waals surface area (Å²) in [6, 6.07) is 4.06. The van der Waals surface area contributed by atoms with Crippen LogP contribution in [-0.2, 0) is 6.54 Å². The number of ether oxygens (including phenoxy) is 2. The molecule has 1 aliphatic rings. The molecule has 1 aromatic rings. The fraction of sp³-hybridized carbons (Fsp3) is 0.600. The minimum absolute atomic E-state index is 0.184. The molecular weight excluding hydrogens is 322 g/mol. The molecule has 0 spiro atoms. The number of methoxy groups -OCH3 is 2. The summed E-state index contributed by atoms with van der Waals surface area (Å²) in [5.74, 6) is 1.43.